The molecule has 0 amide bonds. The van der Waals surface area contributed by atoms with Gasteiger partial charge in [-0.05, 0) is 25.0 Å². The van der Waals surface area contributed by atoms with E-state index in [1.54, 1.807) is 13.8 Å². The van der Waals surface area contributed by atoms with Gasteiger partial charge in [-0.25, -0.2) is 21.9 Å². The first kappa shape index (κ1) is 15.9. The average molecular weight is 335 g/mol. The molecule has 0 aliphatic rings. The molecule has 0 bridgehead atoms. The molecule has 1 heterocycles. The predicted octanol–water partition coefficient (Wildman–Crippen LogP) is 3.20. The Morgan fingerprint density at radius 3 is 2.38 bits per heavy atom. The Kier molecular flexibility index (Phi) is 4.34. The van der Waals surface area contributed by atoms with Crippen molar-refractivity contribution in [2.24, 2.45) is 0 Å². The Morgan fingerprint density at radius 1 is 1.24 bits per heavy atom. The molecule has 0 spiro atoms. The second kappa shape index (κ2) is 5.73. The van der Waals surface area contributed by atoms with E-state index < -0.39 is 20.7 Å². The summed E-state index contributed by atoms with van der Waals surface area (Å²) < 4.78 is 51.5. The van der Waals surface area contributed by atoms with Gasteiger partial charge in [0, 0.05) is 16.7 Å². The molecule has 0 fully saturated rings. The monoisotopic (exact) mass is 334 g/mol. The summed E-state index contributed by atoms with van der Waals surface area (Å²) in [6.07, 6.45) is 0.606. The molecule has 1 aromatic carbocycles. The van der Waals surface area contributed by atoms with Gasteiger partial charge in [-0.2, -0.15) is 5.10 Å². The number of rotatable bonds is 4. The van der Waals surface area contributed by atoms with Gasteiger partial charge in [-0.3, -0.25) is 0 Å². The lowest BCUT2D eigenvalue weighted by Crippen LogP contribution is -2.06. The van der Waals surface area contributed by atoms with Crippen LogP contribution >= 0.6 is 10.7 Å². The molecule has 0 N–H and O–H groups in total. The van der Waals surface area contributed by atoms with Gasteiger partial charge in [0.1, 0.15) is 16.4 Å². The lowest BCUT2D eigenvalue weighted by Gasteiger charge is -2.07. The van der Waals surface area contributed by atoms with Gasteiger partial charge in [0.2, 0.25) is 0 Å². The maximum absolute atomic E-state index is 13.9. The highest BCUT2D eigenvalue weighted by molar-refractivity contribution is 8.13. The molecule has 8 heteroatoms. The van der Waals surface area contributed by atoms with Crippen LogP contribution in [0.2, 0.25) is 0 Å². The number of halogens is 3. The lowest BCUT2D eigenvalue weighted by atomic mass is 10.2. The molecule has 2 rings (SSSR count). The molecule has 21 heavy (non-hydrogen) atoms. The molecule has 4 nitrogen and oxygen atoms in total. The highest BCUT2D eigenvalue weighted by Gasteiger charge is 2.26. The molecule has 0 saturated carbocycles. The van der Waals surface area contributed by atoms with Gasteiger partial charge in [0.25, 0.3) is 9.05 Å². The minimum atomic E-state index is -4.00. The number of benzene rings is 1. The van der Waals surface area contributed by atoms with Gasteiger partial charge < -0.3 is 0 Å². The van der Waals surface area contributed by atoms with Crippen LogP contribution in [0.3, 0.4) is 0 Å². The van der Waals surface area contributed by atoms with Crippen molar-refractivity contribution in [2.45, 2.75) is 31.6 Å². The van der Waals surface area contributed by atoms with E-state index in [-0.39, 0.29) is 28.4 Å². The van der Waals surface area contributed by atoms with Crippen LogP contribution in [-0.4, -0.2) is 18.2 Å². The number of hydrogen-bond donors (Lipinski definition) is 0. The van der Waals surface area contributed by atoms with Crippen molar-refractivity contribution >= 4 is 19.7 Å². The molecule has 0 atom stereocenters. The Balaban J connectivity index is 2.79. The van der Waals surface area contributed by atoms with Gasteiger partial charge in [-0.1, -0.05) is 13.8 Å². The summed E-state index contributed by atoms with van der Waals surface area (Å²) in [7, 11) is 1.45. The van der Waals surface area contributed by atoms with Gasteiger partial charge in [0.05, 0.1) is 11.4 Å². The molecule has 0 aliphatic heterocycles. The topological polar surface area (TPSA) is 52.0 Å². The summed E-state index contributed by atoms with van der Waals surface area (Å²) in [6, 6.07) is 3.01. The number of nitrogens with zero attached hydrogens (tertiary/aromatic N) is 2. The summed E-state index contributed by atoms with van der Waals surface area (Å²) >= 11 is 0. The van der Waals surface area contributed by atoms with Crippen molar-refractivity contribution in [3.8, 4) is 5.69 Å². The number of aromatic nitrogens is 2. The smallest absolute Gasteiger partial charge is 0.233 e. The Hall–Kier alpha value is -1.47. The summed E-state index contributed by atoms with van der Waals surface area (Å²) in [5.41, 5.74) is 0.507. The average Bonchev–Trinajstić information content (AvgIpc) is 2.77. The normalized spacial score (nSPS) is 11.9. The Labute approximate surface area is 125 Å². The minimum absolute atomic E-state index is 0.0190. The standard InChI is InChI=1S/C13H13ClF2N2O2S/c1-3-10-13(21(14,19)20)11(4-2)18(17-10)12-6-5-8(15)7-9(12)16/h5-7H,3-4H2,1-2H3. The van der Waals surface area contributed by atoms with Crippen LogP contribution in [0.1, 0.15) is 25.2 Å². The van der Waals surface area contributed by atoms with Crippen LogP contribution < -0.4 is 0 Å². The van der Waals surface area contributed by atoms with E-state index >= 15 is 0 Å². The zero-order valence-corrected chi connectivity index (χ0v) is 13.0. The highest BCUT2D eigenvalue weighted by atomic mass is 35.7. The quantitative estimate of drug-likeness (QED) is 0.807. The van der Waals surface area contributed by atoms with Crippen LogP contribution in [0.4, 0.5) is 8.78 Å². The van der Waals surface area contributed by atoms with Crippen LogP contribution in [0.15, 0.2) is 23.1 Å². The van der Waals surface area contributed by atoms with Crippen molar-refractivity contribution in [3.63, 3.8) is 0 Å². The first-order valence-corrected chi connectivity index (χ1v) is 8.61. The largest absolute Gasteiger partial charge is 0.265 e. The van der Waals surface area contributed by atoms with E-state index in [0.717, 1.165) is 12.1 Å². The summed E-state index contributed by atoms with van der Waals surface area (Å²) in [5.74, 6) is -1.55. The summed E-state index contributed by atoms with van der Waals surface area (Å²) in [4.78, 5) is -0.0992. The highest BCUT2D eigenvalue weighted by Crippen LogP contribution is 2.28. The third-order valence-electron chi connectivity index (χ3n) is 3.05. The van der Waals surface area contributed by atoms with E-state index in [1.165, 1.54) is 10.7 Å². The van der Waals surface area contributed by atoms with Gasteiger partial charge in [-0.15, -0.1) is 0 Å². The molecular formula is C13H13ClF2N2O2S. The molecule has 0 saturated heterocycles. The van der Waals surface area contributed by atoms with Crippen molar-refractivity contribution < 1.29 is 17.2 Å². The maximum atomic E-state index is 13.9. The number of hydrogen-bond acceptors (Lipinski definition) is 3. The molecule has 2 aromatic rings. The van der Waals surface area contributed by atoms with Gasteiger partial charge in [0.15, 0.2) is 5.82 Å². The first-order valence-electron chi connectivity index (χ1n) is 6.30. The van der Waals surface area contributed by atoms with Gasteiger partial charge >= 0.3 is 0 Å². The van der Waals surface area contributed by atoms with Crippen molar-refractivity contribution in [2.75, 3.05) is 0 Å². The summed E-state index contributed by atoms with van der Waals surface area (Å²) in [6.45, 7) is 3.43. The molecule has 1 aromatic heterocycles. The fraction of sp³-hybridized carbons (Fsp3) is 0.308. The van der Waals surface area contributed by atoms with E-state index in [1.807, 2.05) is 0 Å². The fourth-order valence-electron chi connectivity index (χ4n) is 2.16. The van der Waals surface area contributed by atoms with E-state index in [2.05, 4.69) is 5.10 Å². The van der Waals surface area contributed by atoms with Crippen molar-refractivity contribution in [1.82, 2.24) is 9.78 Å². The van der Waals surface area contributed by atoms with E-state index in [4.69, 9.17) is 10.7 Å². The third kappa shape index (κ3) is 2.94. The summed E-state index contributed by atoms with van der Waals surface area (Å²) in [5, 5.41) is 4.12. The molecule has 0 aliphatic carbocycles. The minimum Gasteiger partial charge on any atom is -0.233 e. The Bertz CT molecular complexity index is 788. The maximum Gasteiger partial charge on any atom is 0.265 e. The fourth-order valence-corrected chi connectivity index (χ4v) is 3.68. The van der Waals surface area contributed by atoms with Crippen LogP contribution in [0.5, 0.6) is 0 Å². The lowest BCUT2D eigenvalue weighted by molar-refractivity contribution is 0.570. The van der Waals surface area contributed by atoms with E-state index in [0.29, 0.717) is 6.42 Å². The molecular weight excluding hydrogens is 322 g/mol. The first-order chi connectivity index (χ1) is 9.79. The zero-order chi connectivity index (χ0) is 15.8. The van der Waals surface area contributed by atoms with Crippen LogP contribution in [-0.2, 0) is 21.9 Å². The van der Waals surface area contributed by atoms with Crippen LogP contribution in [0.25, 0.3) is 5.69 Å². The second-order valence-corrected chi connectivity index (χ2v) is 6.88. The third-order valence-corrected chi connectivity index (χ3v) is 4.47. The molecule has 0 radical (unpaired) electrons. The molecule has 0 unspecified atom stereocenters. The predicted molar refractivity (Wildman–Crippen MR) is 75.3 cm³/mol. The van der Waals surface area contributed by atoms with E-state index in [9.17, 15) is 17.2 Å². The number of aryl methyl sites for hydroxylation is 1. The van der Waals surface area contributed by atoms with Crippen molar-refractivity contribution in [1.29, 1.82) is 0 Å². The second-order valence-electron chi connectivity index (χ2n) is 4.38. The zero-order valence-electron chi connectivity index (χ0n) is 11.4. The van der Waals surface area contributed by atoms with Crippen molar-refractivity contribution in [3.05, 3.63) is 41.2 Å². The SMILES string of the molecule is CCc1nn(-c2ccc(F)cc2F)c(CC)c1S(=O)(=O)Cl. The molecule has 114 valence electrons. The Morgan fingerprint density at radius 2 is 1.90 bits per heavy atom. The van der Waals surface area contributed by atoms with Crippen LogP contribution in [0, 0.1) is 11.6 Å².